The van der Waals surface area contributed by atoms with Crippen LogP contribution in [0.3, 0.4) is 0 Å². The molecular formula is C17H16N4OS. The number of nitrogens with zero attached hydrogens (tertiary/aromatic N) is 2. The summed E-state index contributed by atoms with van der Waals surface area (Å²) in [5.41, 5.74) is 2.46. The Balaban J connectivity index is 1.60. The monoisotopic (exact) mass is 324 g/mol. The van der Waals surface area contributed by atoms with Gasteiger partial charge in [0.1, 0.15) is 5.82 Å². The molecule has 0 saturated carbocycles. The van der Waals surface area contributed by atoms with Gasteiger partial charge in [-0.3, -0.25) is 4.79 Å². The third kappa shape index (κ3) is 4.37. The van der Waals surface area contributed by atoms with E-state index >= 15 is 0 Å². The van der Waals surface area contributed by atoms with Crippen LogP contribution in [0.2, 0.25) is 0 Å². The second kappa shape index (κ2) is 7.02. The van der Waals surface area contributed by atoms with Gasteiger partial charge in [0.25, 0.3) is 0 Å². The molecule has 0 bridgehead atoms. The van der Waals surface area contributed by atoms with Crippen LogP contribution in [0.4, 0.5) is 16.6 Å². The van der Waals surface area contributed by atoms with Crippen LogP contribution >= 0.6 is 11.3 Å². The predicted molar refractivity (Wildman–Crippen MR) is 93.1 cm³/mol. The zero-order valence-electron chi connectivity index (χ0n) is 12.6. The molecule has 23 heavy (non-hydrogen) atoms. The number of hydrogen-bond donors (Lipinski definition) is 2. The number of pyridine rings is 1. The van der Waals surface area contributed by atoms with Crippen LogP contribution in [0.25, 0.3) is 0 Å². The van der Waals surface area contributed by atoms with E-state index in [0.717, 1.165) is 28.0 Å². The number of rotatable bonds is 5. The minimum absolute atomic E-state index is 0.0817. The van der Waals surface area contributed by atoms with E-state index in [9.17, 15) is 4.79 Å². The van der Waals surface area contributed by atoms with E-state index in [1.54, 1.807) is 0 Å². The van der Waals surface area contributed by atoms with Gasteiger partial charge in [0.05, 0.1) is 12.1 Å². The Morgan fingerprint density at radius 2 is 1.91 bits per heavy atom. The number of carbonyl (C=O) groups excluding carboxylic acids is 1. The highest BCUT2D eigenvalue weighted by Crippen LogP contribution is 2.20. The molecule has 0 fully saturated rings. The van der Waals surface area contributed by atoms with Crippen LogP contribution in [0.5, 0.6) is 0 Å². The first kappa shape index (κ1) is 15.2. The molecule has 1 aromatic carbocycles. The first-order valence-corrected chi connectivity index (χ1v) is 8.07. The number of nitrogens with one attached hydrogen (secondary N) is 2. The van der Waals surface area contributed by atoms with E-state index in [1.807, 2.05) is 60.8 Å². The van der Waals surface area contributed by atoms with Crippen LogP contribution in [0, 0.1) is 6.92 Å². The molecule has 0 spiro atoms. The van der Waals surface area contributed by atoms with Crippen LogP contribution in [-0.4, -0.2) is 15.9 Å². The zero-order valence-corrected chi connectivity index (χ0v) is 13.4. The van der Waals surface area contributed by atoms with Crippen LogP contribution in [0.1, 0.15) is 11.4 Å². The van der Waals surface area contributed by atoms with Crippen molar-refractivity contribution in [3.05, 3.63) is 65.3 Å². The minimum atomic E-state index is -0.0817. The molecule has 2 aromatic heterocycles. The van der Waals surface area contributed by atoms with Crippen molar-refractivity contribution in [1.29, 1.82) is 0 Å². The number of aryl methyl sites for hydroxylation is 1. The predicted octanol–water partition coefficient (Wildman–Crippen LogP) is 3.77. The number of aromatic nitrogens is 2. The van der Waals surface area contributed by atoms with E-state index in [-0.39, 0.29) is 12.3 Å². The Morgan fingerprint density at radius 3 is 2.70 bits per heavy atom. The molecule has 0 atom stereocenters. The van der Waals surface area contributed by atoms with E-state index in [0.29, 0.717) is 0 Å². The molecule has 0 saturated heterocycles. The van der Waals surface area contributed by atoms with Gasteiger partial charge >= 0.3 is 0 Å². The lowest BCUT2D eigenvalue weighted by Crippen LogP contribution is -2.14. The fourth-order valence-corrected chi connectivity index (χ4v) is 2.78. The lowest BCUT2D eigenvalue weighted by molar-refractivity contribution is -0.115. The second-order valence-corrected chi connectivity index (χ2v) is 5.88. The van der Waals surface area contributed by atoms with Gasteiger partial charge in [0, 0.05) is 16.8 Å². The lowest BCUT2D eigenvalue weighted by atomic mass is 10.3. The molecule has 0 unspecified atom stereocenters. The normalized spacial score (nSPS) is 10.3. The van der Waals surface area contributed by atoms with Crippen molar-refractivity contribution in [3.63, 3.8) is 0 Å². The maximum atomic E-state index is 12.0. The maximum Gasteiger partial charge on any atom is 0.230 e. The number of carbonyl (C=O) groups is 1. The molecule has 3 aromatic rings. The third-order valence-corrected chi connectivity index (χ3v) is 3.88. The van der Waals surface area contributed by atoms with Crippen molar-refractivity contribution in [2.45, 2.75) is 13.3 Å². The maximum absolute atomic E-state index is 12.0. The summed E-state index contributed by atoms with van der Waals surface area (Å²) < 4.78 is 0. The van der Waals surface area contributed by atoms with E-state index in [2.05, 4.69) is 20.6 Å². The first-order chi connectivity index (χ1) is 11.2. The fourth-order valence-electron chi connectivity index (χ4n) is 2.06. The van der Waals surface area contributed by atoms with E-state index in [4.69, 9.17) is 0 Å². The van der Waals surface area contributed by atoms with Gasteiger partial charge in [0.2, 0.25) is 5.91 Å². The number of thiazole rings is 1. The Morgan fingerprint density at radius 1 is 1.09 bits per heavy atom. The quantitative estimate of drug-likeness (QED) is 0.749. The van der Waals surface area contributed by atoms with Crippen molar-refractivity contribution in [3.8, 4) is 0 Å². The van der Waals surface area contributed by atoms with Crippen molar-refractivity contribution in [1.82, 2.24) is 9.97 Å². The Bertz CT molecular complexity index is 801. The molecule has 116 valence electrons. The Kier molecular flexibility index (Phi) is 4.63. The standard InChI is InChI=1S/C17H16N4OS/c1-12-6-5-9-15(18-12)21-17-20-14(11-23-17)10-16(22)19-13-7-3-2-4-8-13/h2-9,11H,10H2,1H3,(H,19,22)(H,18,20,21). The average molecular weight is 324 g/mol. The molecule has 0 aliphatic heterocycles. The van der Waals surface area contributed by atoms with E-state index < -0.39 is 0 Å². The van der Waals surface area contributed by atoms with Gasteiger partial charge in [-0.05, 0) is 31.2 Å². The molecule has 1 amide bonds. The molecule has 0 radical (unpaired) electrons. The summed E-state index contributed by atoms with van der Waals surface area (Å²) >= 11 is 1.46. The molecule has 3 rings (SSSR count). The first-order valence-electron chi connectivity index (χ1n) is 7.19. The zero-order chi connectivity index (χ0) is 16.1. The molecule has 0 aliphatic carbocycles. The van der Waals surface area contributed by atoms with Gasteiger partial charge in [-0.1, -0.05) is 24.3 Å². The number of hydrogen-bond acceptors (Lipinski definition) is 5. The fraction of sp³-hybridized carbons (Fsp3) is 0.118. The van der Waals surface area contributed by atoms with Crippen molar-refractivity contribution < 1.29 is 4.79 Å². The topological polar surface area (TPSA) is 66.9 Å². The summed E-state index contributed by atoms with van der Waals surface area (Å²) in [5.74, 6) is 0.668. The van der Waals surface area contributed by atoms with Crippen LogP contribution in [-0.2, 0) is 11.2 Å². The van der Waals surface area contributed by atoms with Gasteiger partial charge in [-0.2, -0.15) is 0 Å². The van der Waals surface area contributed by atoms with Gasteiger partial charge in [-0.25, -0.2) is 9.97 Å². The molecule has 2 heterocycles. The van der Waals surface area contributed by atoms with Crippen LogP contribution in [0.15, 0.2) is 53.9 Å². The number of anilines is 3. The van der Waals surface area contributed by atoms with Crippen LogP contribution < -0.4 is 10.6 Å². The summed E-state index contributed by atoms with van der Waals surface area (Å²) in [6.07, 6.45) is 0.244. The second-order valence-electron chi connectivity index (χ2n) is 5.02. The molecule has 2 N–H and O–H groups in total. The highest BCUT2D eigenvalue weighted by atomic mass is 32.1. The average Bonchev–Trinajstić information content (AvgIpc) is 2.95. The Hall–Kier alpha value is -2.73. The minimum Gasteiger partial charge on any atom is -0.326 e. The Labute approximate surface area is 138 Å². The molecular weight excluding hydrogens is 308 g/mol. The molecule has 6 heteroatoms. The summed E-state index contributed by atoms with van der Waals surface area (Å²) in [5, 5.41) is 8.61. The molecule has 0 aliphatic rings. The summed E-state index contributed by atoms with van der Waals surface area (Å²) in [6, 6.07) is 15.2. The van der Waals surface area contributed by atoms with Crippen molar-refractivity contribution in [2.75, 3.05) is 10.6 Å². The number of benzene rings is 1. The smallest absolute Gasteiger partial charge is 0.230 e. The molecule has 5 nitrogen and oxygen atoms in total. The van der Waals surface area contributed by atoms with Gasteiger partial charge < -0.3 is 10.6 Å². The summed E-state index contributed by atoms with van der Waals surface area (Å²) in [7, 11) is 0. The SMILES string of the molecule is Cc1cccc(Nc2nc(CC(=O)Nc3ccccc3)cs2)n1. The summed E-state index contributed by atoms with van der Waals surface area (Å²) in [4.78, 5) is 20.8. The van der Waals surface area contributed by atoms with Crippen molar-refractivity contribution >= 4 is 33.9 Å². The third-order valence-electron chi connectivity index (χ3n) is 3.07. The number of amides is 1. The highest BCUT2D eigenvalue weighted by Gasteiger charge is 2.08. The lowest BCUT2D eigenvalue weighted by Gasteiger charge is -2.03. The highest BCUT2D eigenvalue weighted by molar-refractivity contribution is 7.13. The van der Waals surface area contributed by atoms with E-state index in [1.165, 1.54) is 11.3 Å². The van der Waals surface area contributed by atoms with Gasteiger partial charge in [-0.15, -0.1) is 11.3 Å². The largest absolute Gasteiger partial charge is 0.326 e. The summed E-state index contributed by atoms with van der Waals surface area (Å²) in [6.45, 7) is 1.94. The number of para-hydroxylation sites is 1. The van der Waals surface area contributed by atoms with Crippen molar-refractivity contribution in [2.24, 2.45) is 0 Å². The van der Waals surface area contributed by atoms with Gasteiger partial charge in [0.15, 0.2) is 5.13 Å².